The maximum Gasteiger partial charge on any atom is 0 e. The summed E-state index contributed by atoms with van der Waals surface area (Å²) in [5.74, 6) is 0. The first kappa shape index (κ1) is 11.2. The van der Waals surface area contributed by atoms with Crippen molar-refractivity contribution in [3.8, 4) is 0 Å². The zero-order valence-electron chi connectivity index (χ0n) is 4.96. The smallest absolute Gasteiger partial charge is 0 e. The molecule has 0 nitrogen and oxygen atoms in total. The summed E-state index contributed by atoms with van der Waals surface area (Å²) in [5.41, 5.74) is 0. The molecule has 1 aromatic carbocycles. The molecule has 8 heavy (non-hydrogen) atoms. The number of hydrogen-bond acceptors (Lipinski definition) is 0. The summed E-state index contributed by atoms with van der Waals surface area (Å²) >= 11 is 0. The van der Waals surface area contributed by atoms with Crippen molar-refractivity contribution in [3.63, 3.8) is 0 Å². The summed E-state index contributed by atoms with van der Waals surface area (Å²) in [7, 11) is 0. The first-order valence-electron chi connectivity index (χ1n) is 1.91. The molecule has 41 valence electrons. The second-order valence-electron chi connectivity index (χ2n) is 1.08. The molecular weight excluding hydrogens is 173 g/mol. The van der Waals surface area contributed by atoms with Crippen LogP contribution in [0.15, 0.2) is 30.3 Å². The van der Waals surface area contributed by atoms with Crippen molar-refractivity contribution in [1.29, 1.82) is 0 Å². The van der Waals surface area contributed by atoms with Crippen molar-refractivity contribution in [2.75, 3.05) is 0 Å². The van der Waals surface area contributed by atoms with Crippen LogP contribution in [0.4, 0.5) is 0 Å². The van der Waals surface area contributed by atoms with E-state index in [1.165, 1.54) is 0 Å². The van der Waals surface area contributed by atoms with Gasteiger partial charge in [0.1, 0.15) is 0 Å². The minimum absolute atomic E-state index is 0. The standard InChI is InChI=1S/C6H5.CH3.Y/c1-2-4-6-5-3-1;;/h1-5H;1H3;/q2*-1;. The zero-order valence-corrected chi connectivity index (χ0v) is 7.80. The van der Waals surface area contributed by atoms with E-state index in [-0.39, 0.29) is 40.1 Å². The van der Waals surface area contributed by atoms with E-state index in [0.29, 0.717) is 0 Å². The molecule has 0 bridgehead atoms. The molecule has 0 aromatic heterocycles. The molecule has 1 radical (unpaired) electrons. The topological polar surface area (TPSA) is 0 Å². The van der Waals surface area contributed by atoms with Gasteiger partial charge < -0.3 is 7.43 Å². The van der Waals surface area contributed by atoms with Crippen molar-refractivity contribution in [1.82, 2.24) is 0 Å². The van der Waals surface area contributed by atoms with Crippen LogP contribution in [0.25, 0.3) is 0 Å². The van der Waals surface area contributed by atoms with Gasteiger partial charge in [-0.2, -0.15) is 36.4 Å². The molecule has 0 atom stereocenters. The molecule has 0 saturated carbocycles. The van der Waals surface area contributed by atoms with Gasteiger partial charge in [0.15, 0.2) is 0 Å². The summed E-state index contributed by atoms with van der Waals surface area (Å²) in [4.78, 5) is 0. The summed E-state index contributed by atoms with van der Waals surface area (Å²) in [6.07, 6.45) is 0. The van der Waals surface area contributed by atoms with Crippen LogP contribution in [0.2, 0.25) is 0 Å². The van der Waals surface area contributed by atoms with E-state index in [0.717, 1.165) is 0 Å². The molecule has 1 rings (SSSR count). The molecular formula is C7H8Y-2. The Hall–Kier alpha value is 0.324. The Balaban J connectivity index is 0. The Kier molecular flexibility index (Phi) is 10.2. The quantitative estimate of drug-likeness (QED) is 0.536. The molecule has 1 aromatic rings. The van der Waals surface area contributed by atoms with E-state index in [4.69, 9.17) is 0 Å². The number of benzene rings is 1. The molecule has 0 N–H and O–H groups in total. The fourth-order valence-electron chi connectivity index (χ4n) is 0.342. The van der Waals surface area contributed by atoms with Crippen molar-refractivity contribution >= 4 is 0 Å². The van der Waals surface area contributed by atoms with E-state index < -0.39 is 0 Å². The SMILES string of the molecule is [CH3-].[Y].[c-]1ccccc1. The minimum atomic E-state index is 0. The maximum absolute atomic E-state index is 2.89. The van der Waals surface area contributed by atoms with Crippen LogP contribution in [0.5, 0.6) is 0 Å². The van der Waals surface area contributed by atoms with Gasteiger partial charge in [0, 0.05) is 32.7 Å². The van der Waals surface area contributed by atoms with Gasteiger partial charge in [-0.15, -0.1) is 0 Å². The van der Waals surface area contributed by atoms with Crippen LogP contribution in [0.3, 0.4) is 0 Å². The summed E-state index contributed by atoms with van der Waals surface area (Å²) in [5, 5.41) is 0. The fourth-order valence-corrected chi connectivity index (χ4v) is 0.342. The monoisotopic (exact) mass is 181 g/mol. The molecule has 0 unspecified atom stereocenters. The van der Waals surface area contributed by atoms with Gasteiger partial charge in [-0.25, -0.2) is 0 Å². The number of hydrogen-bond donors (Lipinski definition) is 0. The third-order valence-electron chi connectivity index (χ3n) is 0.607. The molecule has 0 spiro atoms. The van der Waals surface area contributed by atoms with Gasteiger partial charge in [0.25, 0.3) is 0 Å². The van der Waals surface area contributed by atoms with E-state index in [1.54, 1.807) is 0 Å². The minimum Gasteiger partial charge on any atom is -0.358 e. The van der Waals surface area contributed by atoms with E-state index in [9.17, 15) is 0 Å². The van der Waals surface area contributed by atoms with Crippen LogP contribution < -0.4 is 0 Å². The predicted molar refractivity (Wildman–Crippen MR) is 31.7 cm³/mol. The van der Waals surface area contributed by atoms with Gasteiger partial charge in [-0.3, -0.25) is 0 Å². The van der Waals surface area contributed by atoms with Gasteiger partial charge in [0.05, 0.1) is 0 Å². The van der Waals surface area contributed by atoms with E-state index in [1.807, 2.05) is 30.3 Å². The average molecular weight is 181 g/mol. The number of rotatable bonds is 0. The van der Waals surface area contributed by atoms with Crippen LogP contribution >= 0.6 is 0 Å². The summed E-state index contributed by atoms with van der Waals surface area (Å²) in [6.45, 7) is 0. The van der Waals surface area contributed by atoms with Gasteiger partial charge in [0.2, 0.25) is 0 Å². The molecule has 0 heterocycles. The Labute approximate surface area is 76.2 Å². The van der Waals surface area contributed by atoms with Crippen molar-refractivity contribution < 1.29 is 32.7 Å². The Morgan fingerprint density at radius 1 is 0.875 bits per heavy atom. The molecule has 1 heteroatoms. The van der Waals surface area contributed by atoms with Crippen molar-refractivity contribution in [3.05, 3.63) is 43.8 Å². The Morgan fingerprint density at radius 2 is 1.38 bits per heavy atom. The second-order valence-corrected chi connectivity index (χ2v) is 1.08. The summed E-state index contributed by atoms with van der Waals surface area (Å²) < 4.78 is 0. The normalized spacial score (nSPS) is 6.00. The van der Waals surface area contributed by atoms with Crippen LogP contribution in [0.1, 0.15) is 0 Å². The molecule has 0 aliphatic rings. The molecule has 0 aliphatic carbocycles. The van der Waals surface area contributed by atoms with E-state index >= 15 is 0 Å². The molecule has 0 aliphatic heterocycles. The van der Waals surface area contributed by atoms with Crippen LogP contribution in [-0.2, 0) is 32.7 Å². The van der Waals surface area contributed by atoms with Crippen molar-refractivity contribution in [2.24, 2.45) is 0 Å². The van der Waals surface area contributed by atoms with Gasteiger partial charge >= 0.3 is 0 Å². The van der Waals surface area contributed by atoms with Gasteiger partial charge in [-0.1, -0.05) is 0 Å². The first-order chi connectivity index (χ1) is 3.00. The molecule has 0 saturated heterocycles. The Bertz CT molecular complexity index is 76.3. The zero-order chi connectivity index (χ0) is 4.24. The summed E-state index contributed by atoms with van der Waals surface area (Å²) in [6, 6.07) is 12.5. The average Bonchev–Trinajstić information content (AvgIpc) is 1.72. The van der Waals surface area contributed by atoms with Crippen molar-refractivity contribution in [2.45, 2.75) is 0 Å². The predicted octanol–water partition coefficient (Wildman–Crippen LogP) is 1.93. The van der Waals surface area contributed by atoms with Crippen LogP contribution in [0, 0.1) is 13.5 Å². The fraction of sp³-hybridized carbons (Fsp3) is 0. The van der Waals surface area contributed by atoms with Gasteiger partial charge in [-0.05, 0) is 0 Å². The Morgan fingerprint density at radius 3 is 1.50 bits per heavy atom. The van der Waals surface area contributed by atoms with E-state index in [2.05, 4.69) is 6.07 Å². The van der Waals surface area contributed by atoms with Crippen LogP contribution in [-0.4, -0.2) is 0 Å². The molecule has 0 amide bonds. The first-order valence-corrected chi connectivity index (χ1v) is 1.91. The third-order valence-corrected chi connectivity index (χ3v) is 0.607. The molecule has 0 fully saturated rings. The third kappa shape index (κ3) is 4.48. The maximum atomic E-state index is 2.89. The second kappa shape index (κ2) is 7.32. The largest absolute Gasteiger partial charge is 0.358 e.